The van der Waals surface area contributed by atoms with Gasteiger partial charge in [-0.05, 0) is 18.3 Å². The van der Waals surface area contributed by atoms with Gasteiger partial charge in [-0.15, -0.1) is 0 Å². The zero-order valence-corrected chi connectivity index (χ0v) is 7.72. The molecule has 0 saturated heterocycles. The number of carbonyl (C=O) groups is 1. The van der Waals surface area contributed by atoms with Gasteiger partial charge in [0.15, 0.2) is 0 Å². The van der Waals surface area contributed by atoms with Crippen molar-refractivity contribution in [3.8, 4) is 0 Å². The predicted octanol–water partition coefficient (Wildman–Crippen LogP) is 2.94. The molecule has 0 bridgehead atoms. The topological polar surface area (TPSA) is 17.1 Å². The summed E-state index contributed by atoms with van der Waals surface area (Å²) in [5, 5.41) is 0. The van der Waals surface area contributed by atoms with E-state index in [1.54, 1.807) is 0 Å². The van der Waals surface area contributed by atoms with Crippen molar-refractivity contribution in [1.82, 2.24) is 0 Å². The fraction of sp³-hybridized carbons (Fsp3) is 0.909. The third kappa shape index (κ3) is 2.33. The van der Waals surface area contributed by atoms with E-state index in [1.165, 1.54) is 38.5 Å². The summed E-state index contributed by atoms with van der Waals surface area (Å²) in [6.45, 7) is 0. The highest BCUT2D eigenvalue weighted by molar-refractivity contribution is 5.78. The van der Waals surface area contributed by atoms with Crippen LogP contribution in [0.1, 0.15) is 51.4 Å². The smallest absolute Gasteiger partial charge is 0.133 e. The fourth-order valence-corrected chi connectivity index (χ4v) is 1.89. The molecule has 1 nitrogen and oxygen atoms in total. The van der Waals surface area contributed by atoms with Crippen molar-refractivity contribution < 1.29 is 4.79 Å². The Balaban J connectivity index is 1.56. The quantitative estimate of drug-likeness (QED) is 0.613. The minimum atomic E-state index is 0.534. The van der Waals surface area contributed by atoms with Crippen LogP contribution in [0.3, 0.4) is 0 Å². The van der Waals surface area contributed by atoms with Crippen molar-refractivity contribution in [2.45, 2.75) is 51.4 Å². The van der Waals surface area contributed by atoms with Crippen molar-refractivity contribution in [3.63, 3.8) is 0 Å². The van der Waals surface area contributed by atoms with E-state index in [9.17, 15) is 4.79 Å². The summed E-state index contributed by atoms with van der Waals surface area (Å²) in [5.74, 6) is 2.23. The molecule has 2 rings (SSSR count). The Morgan fingerprint density at radius 1 is 1.08 bits per heavy atom. The Hall–Kier alpha value is -0.330. The molecule has 0 spiro atoms. The monoisotopic (exact) mass is 166 g/mol. The molecule has 2 saturated carbocycles. The van der Waals surface area contributed by atoms with E-state index in [4.69, 9.17) is 0 Å². The molecule has 0 aliphatic heterocycles. The molecule has 2 aliphatic carbocycles. The van der Waals surface area contributed by atoms with Crippen LogP contribution < -0.4 is 0 Å². The van der Waals surface area contributed by atoms with Gasteiger partial charge in [0.05, 0.1) is 0 Å². The first-order valence-electron chi connectivity index (χ1n) is 5.36. The Labute approximate surface area is 74.5 Å². The second-order valence-electron chi connectivity index (χ2n) is 4.52. The lowest BCUT2D eigenvalue weighted by Crippen LogP contribution is -2.15. The van der Waals surface area contributed by atoms with E-state index >= 15 is 0 Å². The summed E-state index contributed by atoms with van der Waals surface area (Å²) in [6, 6.07) is 0. The molecule has 0 N–H and O–H groups in total. The van der Waals surface area contributed by atoms with Crippen molar-refractivity contribution >= 4 is 5.78 Å². The molecule has 12 heavy (non-hydrogen) atoms. The predicted molar refractivity (Wildman–Crippen MR) is 48.9 cm³/mol. The van der Waals surface area contributed by atoms with E-state index in [-0.39, 0.29) is 0 Å². The minimum Gasteiger partial charge on any atom is -0.300 e. The van der Waals surface area contributed by atoms with Crippen molar-refractivity contribution in [3.05, 3.63) is 0 Å². The fourth-order valence-electron chi connectivity index (χ4n) is 1.89. The highest BCUT2D eigenvalue weighted by atomic mass is 16.1. The normalized spacial score (nSPS) is 23.7. The highest BCUT2D eigenvalue weighted by Gasteiger charge is 2.24. The molecule has 2 fully saturated rings. The molecule has 0 amide bonds. The van der Waals surface area contributed by atoms with Gasteiger partial charge in [0, 0.05) is 12.8 Å². The summed E-state index contributed by atoms with van der Waals surface area (Å²) < 4.78 is 0. The second-order valence-corrected chi connectivity index (χ2v) is 4.52. The van der Waals surface area contributed by atoms with Crippen LogP contribution in [0.5, 0.6) is 0 Å². The first kappa shape index (κ1) is 8.28. The van der Waals surface area contributed by atoms with Crippen LogP contribution in [-0.2, 0) is 4.79 Å². The Morgan fingerprint density at radius 3 is 2.33 bits per heavy atom. The van der Waals surface area contributed by atoms with Gasteiger partial charge in [-0.1, -0.05) is 32.1 Å². The van der Waals surface area contributed by atoms with Crippen LogP contribution in [0, 0.1) is 11.8 Å². The Morgan fingerprint density at radius 2 is 1.83 bits per heavy atom. The van der Waals surface area contributed by atoms with Gasteiger partial charge in [0.2, 0.25) is 0 Å². The van der Waals surface area contributed by atoms with E-state index in [1.807, 2.05) is 0 Å². The van der Waals surface area contributed by atoms with E-state index in [2.05, 4.69) is 0 Å². The lowest BCUT2D eigenvalue weighted by Gasteiger charge is -2.24. The lowest BCUT2D eigenvalue weighted by atomic mass is 9.81. The van der Waals surface area contributed by atoms with Gasteiger partial charge < -0.3 is 0 Å². The lowest BCUT2D eigenvalue weighted by molar-refractivity contribution is -0.120. The van der Waals surface area contributed by atoms with Gasteiger partial charge in [-0.25, -0.2) is 0 Å². The summed E-state index contributed by atoms with van der Waals surface area (Å²) in [4.78, 5) is 11.4. The molecule has 0 atom stereocenters. The molecular weight excluding hydrogens is 148 g/mol. The number of Topliss-reactive ketones (excluding diaryl/α,β-unsaturated/α-hetero) is 1. The van der Waals surface area contributed by atoms with E-state index in [0.29, 0.717) is 5.78 Å². The zero-order chi connectivity index (χ0) is 8.39. The highest BCUT2D eigenvalue weighted by Crippen LogP contribution is 2.35. The third-order valence-electron chi connectivity index (χ3n) is 3.27. The molecule has 2 aliphatic rings. The molecule has 0 aromatic rings. The van der Waals surface area contributed by atoms with Crippen LogP contribution >= 0.6 is 0 Å². The molecule has 0 aromatic heterocycles. The molecule has 0 aromatic carbocycles. The van der Waals surface area contributed by atoms with Crippen LogP contribution in [-0.4, -0.2) is 5.78 Å². The first-order chi connectivity index (χ1) is 5.84. The summed E-state index contributed by atoms with van der Waals surface area (Å²) in [7, 11) is 0. The Kier molecular flexibility index (Phi) is 2.48. The van der Waals surface area contributed by atoms with Crippen molar-refractivity contribution in [2.75, 3.05) is 0 Å². The molecule has 0 heterocycles. The summed E-state index contributed by atoms with van der Waals surface area (Å²) >= 11 is 0. The summed E-state index contributed by atoms with van der Waals surface area (Å²) in [6.07, 6.45) is 9.72. The largest absolute Gasteiger partial charge is 0.300 e. The third-order valence-corrected chi connectivity index (χ3v) is 3.27. The molecule has 0 unspecified atom stereocenters. The van der Waals surface area contributed by atoms with Gasteiger partial charge in [-0.3, -0.25) is 4.79 Å². The van der Waals surface area contributed by atoms with Crippen LogP contribution in [0.4, 0.5) is 0 Å². The van der Waals surface area contributed by atoms with E-state index in [0.717, 1.165) is 24.7 Å². The number of carbonyl (C=O) groups excluding carboxylic acids is 1. The van der Waals surface area contributed by atoms with Crippen LogP contribution in [0.25, 0.3) is 0 Å². The van der Waals surface area contributed by atoms with Crippen molar-refractivity contribution in [1.29, 1.82) is 0 Å². The molecule has 68 valence electrons. The Bertz CT molecular complexity index is 166. The SMILES string of the molecule is O=C(CCC1CC1)CC1CCC1. The van der Waals surface area contributed by atoms with Gasteiger partial charge in [0.25, 0.3) is 0 Å². The van der Waals surface area contributed by atoms with Gasteiger partial charge in [-0.2, -0.15) is 0 Å². The number of rotatable bonds is 5. The molecular formula is C11H18O. The average molecular weight is 166 g/mol. The average Bonchev–Trinajstić information content (AvgIpc) is 2.76. The maximum Gasteiger partial charge on any atom is 0.133 e. The van der Waals surface area contributed by atoms with Gasteiger partial charge >= 0.3 is 0 Å². The maximum absolute atomic E-state index is 11.4. The maximum atomic E-state index is 11.4. The summed E-state index contributed by atoms with van der Waals surface area (Å²) in [5.41, 5.74) is 0. The van der Waals surface area contributed by atoms with E-state index < -0.39 is 0 Å². The van der Waals surface area contributed by atoms with Crippen LogP contribution in [0.15, 0.2) is 0 Å². The number of hydrogen-bond donors (Lipinski definition) is 0. The van der Waals surface area contributed by atoms with Crippen molar-refractivity contribution in [2.24, 2.45) is 11.8 Å². The second kappa shape index (κ2) is 3.59. The standard InChI is InChI=1S/C11H18O/c12-11(7-6-9-4-5-9)8-10-2-1-3-10/h9-10H,1-8H2. The minimum absolute atomic E-state index is 0.534. The van der Waals surface area contributed by atoms with Crippen LogP contribution in [0.2, 0.25) is 0 Å². The molecule has 0 radical (unpaired) electrons. The first-order valence-corrected chi connectivity index (χ1v) is 5.36. The zero-order valence-electron chi connectivity index (χ0n) is 7.72. The molecule has 1 heteroatoms. The number of ketones is 1. The van der Waals surface area contributed by atoms with Gasteiger partial charge in [0.1, 0.15) is 5.78 Å². The number of hydrogen-bond acceptors (Lipinski definition) is 1.